The van der Waals surface area contributed by atoms with E-state index in [1.807, 2.05) is 67.6 Å². The third-order valence-corrected chi connectivity index (χ3v) is 7.12. The molecule has 3 aromatic carbocycles. The van der Waals surface area contributed by atoms with Gasteiger partial charge in [-0.15, -0.1) is 10.2 Å². The molecule has 0 aliphatic heterocycles. The molecular weight excluding hydrogens is 464 g/mol. The minimum Gasteiger partial charge on any atom is -0.349 e. The first-order chi connectivity index (χ1) is 17.4. The minimum atomic E-state index is -0.0551. The van der Waals surface area contributed by atoms with Gasteiger partial charge in [0.1, 0.15) is 5.82 Å². The molecule has 0 aliphatic rings. The van der Waals surface area contributed by atoms with Crippen molar-refractivity contribution in [2.75, 3.05) is 5.75 Å². The molecule has 0 bridgehead atoms. The van der Waals surface area contributed by atoms with Gasteiger partial charge in [-0.3, -0.25) is 9.36 Å². The normalized spacial score (nSPS) is 12.9. The van der Waals surface area contributed by atoms with Crippen molar-refractivity contribution in [3.63, 3.8) is 0 Å². The fraction of sp³-hybridized carbons (Fsp3) is 0.300. The van der Waals surface area contributed by atoms with E-state index in [1.165, 1.54) is 22.9 Å². The molecule has 186 valence electrons. The van der Waals surface area contributed by atoms with Crippen molar-refractivity contribution in [2.45, 2.75) is 51.2 Å². The van der Waals surface area contributed by atoms with Gasteiger partial charge in [0, 0.05) is 11.6 Å². The molecule has 1 aromatic heterocycles. The van der Waals surface area contributed by atoms with Crippen LogP contribution in [-0.2, 0) is 11.2 Å². The standard InChI is InChI=1S/C30H34N4OS/c1-21(2)19-24-15-17-25(18-16-24)22(3)29-32-33-30(34(29)27-13-9-6-10-14-27)36-20-28(35)31-23(4)26-11-7-5-8-12-26/h5-18,21-23H,19-20H2,1-4H3,(H,31,35)/t22-,23-/m1/s1. The zero-order valence-electron chi connectivity index (χ0n) is 21.4. The van der Waals surface area contributed by atoms with E-state index >= 15 is 0 Å². The second-order valence-electron chi connectivity index (χ2n) is 9.56. The van der Waals surface area contributed by atoms with E-state index in [0.717, 1.165) is 23.5 Å². The maximum atomic E-state index is 12.7. The maximum Gasteiger partial charge on any atom is 0.230 e. The van der Waals surface area contributed by atoms with Crippen molar-refractivity contribution in [2.24, 2.45) is 5.92 Å². The van der Waals surface area contributed by atoms with Crippen LogP contribution in [0.4, 0.5) is 0 Å². The number of rotatable bonds is 10. The molecule has 1 N–H and O–H groups in total. The number of hydrogen-bond donors (Lipinski definition) is 1. The van der Waals surface area contributed by atoms with Crippen LogP contribution in [0.5, 0.6) is 0 Å². The first-order valence-electron chi connectivity index (χ1n) is 12.5. The molecule has 0 spiro atoms. The first kappa shape index (κ1) is 25.7. The van der Waals surface area contributed by atoms with E-state index in [9.17, 15) is 4.79 Å². The van der Waals surface area contributed by atoms with Crippen molar-refractivity contribution in [3.8, 4) is 5.69 Å². The molecule has 1 heterocycles. The van der Waals surface area contributed by atoms with Gasteiger partial charge >= 0.3 is 0 Å². The second-order valence-corrected chi connectivity index (χ2v) is 10.5. The Morgan fingerprint density at radius 1 is 0.833 bits per heavy atom. The number of carbonyl (C=O) groups excluding carboxylic acids is 1. The lowest BCUT2D eigenvalue weighted by atomic mass is 9.96. The smallest absolute Gasteiger partial charge is 0.230 e. The highest BCUT2D eigenvalue weighted by Crippen LogP contribution is 2.30. The van der Waals surface area contributed by atoms with Gasteiger partial charge in [-0.1, -0.05) is 105 Å². The monoisotopic (exact) mass is 498 g/mol. The largest absolute Gasteiger partial charge is 0.349 e. The zero-order valence-corrected chi connectivity index (χ0v) is 22.2. The fourth-order valence-corrected chi connectivity index (χ4v) is 5.05. The molecule has 0 unspecified atom stereocenters. The Balaban J connectivity index is 1.53. The average molecular weight is 499 g/mol. The molecule has 0 fully saturated rings. The Labute approximate surface area is 218 Å². The molecule has 0 saturated heterocycles. The molecule has 4 rings (SSSR count). The van der Waals surface area contributed by atoms with Gasteiger partial charge in [0.25, 0.3) is 0 Å². The van der Waals surface area contributed by atoms with Gasteiger partial charge in [-0.25, -0.2) is 0 Å². The number of benzene rings is 3. The summed E-state index contributed by atoms with van der Waals surface area (Å²) in [6.45, 7) is 8.63. The lowest BCUT2D eigenvalue weighted by Crippen LogP contribution is -2.28. The van der Waals surface area contributed by atoms with Gasteiger partial charge in [0.2, 0.25) is 5.91 Å². The summed E-state index contributed by atoms with van der Waals surface area (Å²) < 4.78 is 2.07. The Morgan fingerprint density at radius 2 is 1.47 bits per heavy atom. The summed E-state index contributed by atoms with van der Waals surface area (Å²) in [5, 5.41) is 12.9. The summed E-state index contributed by atoms with van der Waals surface area (Å²) in [6.07, 6.45) is 1.07. The highest BCUT2D eigenvalue weighted by Gasteiger charge is 2.22. The van der Waals surface area contributed by atoms with E-state index in [2.05, 4.69) is 65.1 Å². The summed E-state index contributed by atoms with van der Waals surface area (Å²) >= 11 is 1.41. The number of hydrogen-bond acceptors (Lipinski definition) is 4. The molecule has 0 aliphatic carbocycles. The summed E-state index contributed by atoms with van der Waals surface area (Å²) in [5.41, 5.74) is 4.61. The van der Waals surface area contributed by atoms with Crippen molar-refractivity contribution >= 4 is 17.7 Å². The summed E-state index contributed by atoms with van der Waals surface area (Å²) in [5.74, 6) is 1.77. The molecule has 6 heteroatoms. The van der Waals surface area contributed by atoms with E-state index < -0.39 is 0 Å². The highest BCUT2D eigenvalue weighted by molar-refractivity contribution is 7.99. The van der Waals surface area contributed by atoms with Gasteiger partial charge in [-0.2, -0.15) is 0 Å². The molecule has 0 saturated carbocycles. The number of amides is 1. The van der Waals surface area contributed by atoms with Crippen LogP contribution < -0.4 is 5.32 Å². The molecular formula is C30H34N4OS. The van der Waals surface area contributed by atoms with E-state index in [1.54, 1.807) is 0 Å². The lowest BCUT2D eigenvalue weighted by Gasteiger charge is -2.16. The molecule has 5 nitrogen and oxygen atoms in total. The van der Waals surface area contributed by atoms with Gasteiger partial charge in [0.15, 0.2) is 5.16 Å². The number of aromatic nitrogens is 3. The lowest BCUT2D eigenvalue weighted by molar-refractivity contribution is -0.119. The third-order valence-electron chi connectivity index (χ3n) is 6.19. The van der Waals surface area contributed by atoms with Gasteiger partial charge < -0.3 is 5.32 Å². The van der Waals surface area contributed by atoms with Gasteiger partial charge in [-0.05, 0) is 48.1 Å². The third kappa shape index (κ3) is 6.43. The Hall–Kier alpha value is -3.38. The number of nitrogens with zero attached hydrogens (tertiary/aromatic N) is 3. The van der Waals surface area contributed by atoms with Crippen molar-refractivity contribution in [3.05, 3.63) is 107 Å². The molecule has 36 heavy (non-hydrogen) atoms. The number of nitrogens with one attached hydrogen (secondary N) is 1. The predicted octanol–water partition coefficient (Wildman–Crippen LogP) is 6.59. The SMILES string of the molecule is CC(C)Cc1ccc([C@@H](C)c2nnc(SCC(=O)N[C@H](C)c3ccccc3)n2-c2ccccc2)cc1. The van der Waals surface area contributed by atoms with Crippen LogP contribution in [0.15, 0.2) is 90.1 Å². The summed E-state index contributed by atoms with van der Waals surface area (Å²) in [6, 6.07) is 28.8. The number of para-hydroxylation sites is 1. The van der Waals surface area contributed by atoms with Crippen LogP contribution >= 0.6 is 11.8 Å². The van der Waals surface area contributed by atoms with E-state index in [0.29, 0.717) is 11.1 Å². The van der Waals surface area contributed by atoms with Crippen LogP contribution in [0.3, 0.4) is 0 Å². The van der Waals surface area contributed by atoms with Crippen molar-refractivity contribution < 1.29 is 4.79 Å². The second kappa shape index (κ2) is 12.0. The van der Waals surface area contributed by atoms with Crippen LogP contribution in [0, 0.1) is 5.92 Å². The van der Waals surface area contributed by atoms with Crippen LogP contribution in [0.25, 0.3) is 5.69 Å². The van der Waals surface area contributed by atoms with Gasteiger partial charge in [0.05, 0.1) is 11.8 Å². The quantitative estimate of drug-likeness (QED) is 0.251. The Morgan fingerprint density at radius 3 is 2.11 bits per heavy atom. The van der Waals surface area contributed by atoms with Crippen molar-refractivity contribution in [1.29, 1.82) is 0 Å². The van der Waals surface area contributed by atoms with E-state index in [4.69, 9.17) is 0 Å². The highest BCUT2D eigenvalue weighted by atomic mass is 32.2. The molecule has 1 amide bonds. The topological polar surface area (TPSA) is 59.8 Å². The first-order valence-corrected chi connectivity index (χ1v) is 13.5. The average Bonchev–Trinajstić information content (AvgIpc) is 3.32. The van der Waals surface area contributed by atoms with Crippen LogP contribution in [0.1, 0.15) is 62.2 Å². The van der Waals surface area contributed by atoms with Crippen molar-refractivity contribution in [1.82, 2.24) is 20.1 Å². The molecule has 4 aromatic rings. The van der Waals surface area contributed by atoms with Crippen LogP contribution in [-0.4, -0.2) is 26.4 Å². The zero-order chi connectivity index (χ0) is 25.5. The Kier molecular flexibility index (Phi) is 8.60. The Bertz CT molecular complexity index is 1250. The molecule has 2 atom stereocenters. The minimum absolute atomic E-state index is 0.0331. The number of carbonyl (C=O) groups is 1. The predicted molar refractivity (Wildman–Crippen MR) is 148 cm³/mol. The molecule has 0 radical (unpaired) electrons. The van der Waals surface area contributed by atoms with E-state index in [-0.39, 0.29) is 23.6 Å². The summed E-state index contributed by atoms with van der Waals surface area (Å²) in [4.78, 5) is 12.7. The maximum absolute atomic E-state index is 12.7. The number of thioether (sulfide) groups is 1. The summed E-state index contributed by atoms with van der Waals surface area (Å²) in [7, 11) is 0. The van der Waals surface area contributed by atoms with Crippen LogP contribution in [0.2, 0.25) is 0 Å². The fourth-order valence-electron chi connectivity index (χ4n) is 4.28.